The summed E-state index contributed by atoms with van der Waals surface area (Å²) in [6, 6.07) is 17.7. The summed E-state index contributed by atoms with van der Waals surface area (Å²) in [6.45, 7) is 0. The molecule has 124 valence electrons. The Kier molecular flexibility index (Phi) is 9.90. The fourth-order valence-electron chi connectivity index (χ4n) is 2.98. The van der Waals surface area contributed by atoms with Crippen LogP contribution in [0.3, 0.4) is 0 Å². The van der Waals surface area contributed by atoms with E-state index in [4.69, 9.17) is 0 Å². The zero-order valence-corrected chi connectivity index (χ0v) is 21.0. The van der Waals surface area contributed by atoms with Crippen LogP contribution < -0.4 is 24.8 Å². The molecule has 2 aliphatic rings. The number of allylic oxidation sites excluding steroid dienone is 2. The molecule has 0 radical (unpaired) electrons. The molecule has 4 rings (SSSR count). The van der Waals surface area contributed by atoms with Gasteiger partial charge in [-0.25, -0.2) is 0 Å². The van der Waals surface area contributed by atoms with Gasteiger partial charge < -0.3 is 24.8 Å². The maximum absolute atomic E-state index is 2.44. The molecule has 0 spiro atoms. The van der Waals surface area contributed by atoms with E-state index in [2.05, 4.69) is 84.3 Å². The van der Waals surface area contributed by atoms with Gasteiger partial charge in [-0.1, -0.05) is 0 Å². The van der Waals surface area contributed by atoms with Gasteiger partial charge in [0.1, 0.15) is 0 Å². The first-order valence-electron chi connectivity index (χ1n) is 8.13. The topological polar surface area (TPSA) is 0 Å². The standard InChI is InChI=1S/2C9H7.C2H8Ge.2ClH.Zr/c2*1-2-5-9-7-3-6-8(9)4-1;1-3-2;;;/h2*1-7H;3H2,1-2H3;2*1H;/q;;;;;+2/p-2. The van der Waals surface area contributed by atoms with Crippen molar-refractivity contribution in [2.45, 2.75) is 18.8 Å². The Morgan fingerprint density at radius 1 is 0.708 bits per heavy atom. The minimum atomic E-state index is -0.542. The van der Waals surface area contributed by atoms with Crippen LogP contribution >= 0.6 is 0 Å². The Morgan fingerprint density at radius 2 is 1.08 bits per heavy atom. The smallest absolute Gasteiger partial charge is 1.00 e. The third-order valence-corrected chi connectivity index (χ3v) is 8.20. The van der Waals surface area contributed by atoms with Crippen molar-refractivity contribution >= 4 is 27.6 Å². The first kappa shape index (κ1) is 22.0. The van der Waals surface area contributed by atoms with E-state index in [9.17, 15) is 0 Å². The molecule has 2 aromatic rings. The van der Waals surface area contributed by atoms with Crippen molar-refractivity contribution < 1.29 is 48.0 Å². The Morgan fingerprint density at radius 3 is 1.50 bits per heavy atom. The first-order valence-corrected chi connectivity index (χ1v) is 16.9. The zero-order chi connectivity index (χ0) is 15.4. The average Bonchev–Trinajstić information content (AvgIpc) is 3.14. The summed E-state index contributed by atoms with van der Waals surface area (Å²) < 4.78 is 1.47. The molecule has 2 atom stereocenters. The molecule has 2 aromatic carbocycles. The summed E-state index contributed by atoms with van der Waals surface area (Å²) in [6.07, 6.45) is 9.49. The number of hydrogen-bond donors (Lipinski definition) is 0. The summed E-state index contributed by atoms with van der Waals surface area (Å²) >= 11 is -0.417. The second-order valence-electron chi connectivity index (χ2n) is 5.81. The minimum Gasteiger partial charge on any atom is -1.00 e. The second-order valence-corrected chi connectivity index (χ2v) is 12.6. The van der Waals surface area contributed by atoms with Crippen molar-refractivity contribution in [1.29, 1.82) is 0 Å². The van der Waals surface area contributed by atoms with Crippen LogP contribution in [-0.2, 0) is 23.2 Å². The van der Waals surface area contributed by atoms with Crippen LogP contribution in [-0.4, -0.2) is 15.4 Å². The predicted octanol–water partition coefficient (Wildman–Crippen LogP) is -1.14. The fraction of sp³-hybridized carbons (Fsp3) is 0.200. The number of benzene rings is 2. The van der Waals surface area contributed by atoms with Crippen LogP contribution in [0.4, 0.5) is 0 Å². The summed E-state index contributed by atoms with van der Waals surface area (Å²) in [5, 5.41) is 0. The molecule has 24 heavy (non-hydrogen) atoms. The SMILES string of the molecule is C1=C[CH]([Zr+2][CH]2C=Cc3ccccc32)c2ccccc21.[CH3][GeH2][CH3].[Cl-].[Cl-]. The molecule has 0 saturated heterocycles. The van der Waals surface area contributed by atoms with E-state index in [0.717, 1.165) is 7.25 Å². The van der Waals surface area contributed by atoms with E-state index < -0.39 is 23.2 Å². The molecule has 0 fully saturated rings. The van der Waals surface area contributed by atoms with E-state index in [1.54, 1.807) is 11.1 Å². The Balaban J connectivity index is 0.000000539. The van der Waals surface area contributed by atoms with Gasteiger partial charge >= 0.3 is 153 Å². The molecule has 0 heterocycles. The third kappa shape index (κ3) is 4.98. The molecule has 0 nitrogen and oxygen atoms in total. The van der Waals surface area contributed by atoms with Crippen LogP contribution in [0.25, 0.3) is 12.2 Å². The quantitative estimate of drug-likeness (QED) is 0.461. The number of rotatable bonds is 2. The summed E-state index contributed by atoms with van der Waals surface area (Å²) in [7, 11) is 0. The molecular formula is C20H22Cl2GeZr. The average molecular weight is 497 g/mol. The molecule has 2 unspecified atom stereocenters. The van der Waals surface area contributed by atoms with Gasteiger partial charge in [-0.05, 0) is 0 Å². The van der Waals surface area contributed by atoms with Crippen LogP contribution in [0, 0.1) is 0 Å². The maximum atomic E-state index is 2.44. The Hall–Kier alpha value is -0.0740. The van der Waals surface area contributed by atoms with Crippen molar-refractivity contribution in [1.82, 2.24) is 0 Å². The molecule has 0 aromatic heterocycles. The predicted molar refractivity (Wildman–Crippen MR) is 96.7 cm³/mol. The first-order chi connectivity index (χ1) is 10.8. The van der Waals surface area contributed by atoms with Crippen LogP contribution in [0.5, 0.6) is 0 Å². The molecule has 0 N–H and O–H groups in total. The molecule has 0 amide bonds. The van der Waals surface area contributed by atoms with Gasteiger partial charge in [-0.15, -0.1) is 0 Å². The maximum Gasteiger partial charge on any atom is -1.00 e. The van der Waals surface area contributed by atoms with E-state index in [-0.39, 0.29) is 40.2 Å². The van der Waals surface area contributed by atoms with Gasteiger partial charge in [0.05, 0.1) is 0 Å². The molecule has 4 heteroatoms. The Labute approximate surface area is 176 Å². The monoisotopic (exact) mass is 496 g/mol. The molecular weight excluding hydrogens is 475 g/mol. The van der Waals surface area contributed by atoms with E-state index in [1.165, 1.54) is 11.1 Å². The zero-order valence-electron chi connectivity index (χ0n) is 14.0. The third-order valence-electron chi connectivity index (χ3n) is 3.96. The minimum absolute atomic E-state index is 0. The van der Waals surface area contributed by atoms with Gasteiger partial charge in [-0.2, -0.15) is 0 Å². The van der Waals surface area contributed by atoms with Gasteiger partial charge in [-0.3, -0.25) is 0 Å². The van der Waals surface area contributed by atoms with E-state index >= 15 is 0 Å². The summed E-state index contributed by atoms with van der Waals surface area (Å²) in [4.78, 5) is 0. The Bertz CT molecular complexity index is 653. The van der Waals surface area contributed by atoms with Crippen LogP contribution in [0.2, 0.25) is 11.5 Å². The second kappa shape index (κ2) is 10.8. The van der Waals surface area contributed by atoms with Gasteiger partial charge in [0, 0.05) is 0 Å². The van der Waals surface area contributed by atoms with E-state index in [1.807, 2.05) is 0 Å². The van der Waals surface area contributed by atoms with Gasteiger partial charge in [0.2, 0.25) is 0 Å². The van der Waals surface area contributed by atoms with Crippen molar-refractivity contribution in [3.8, 4) is 0 Å². The van der Waals surface area contributed by atoms with Crippen molar-refractivity contribution in [3.63, 3.8) is 0 Å². The molecule has 0 saturated carbocycles. The molecule has 0 bridgehead atoms. The van der Waals surface area contributed by atoms with Crippen molar-refractivity contribution in [2.75, 3.05) is 0 Å². The summed E-state index contributed by atoms with van der Waals surface area (Å²) in [5.74, 6) is 4.62. The summed E-state index contributed by atoms with van der Waals surface area (Å²) in [5.41, 5.74) is 5.99. The van der Waals surface area contributed by atoms with Crippen molar-refractivity contribution in [2.24, 2.45) is 0 Å². The van der Waals surface area contributed by atoms with Gasteiger partial charge in [0.25, 0.3) is 0 Å². The van der Waals surface area contributed by atoms with Crippen LogP contribution in [0.15, 0.2) is 60.7 Å². The molecule has 2 aliphatic carbocycles. The normalized spacial score (nSPS) is 18.2. The number of hydrogen-bond acceptors (Lipinski definition) is 0. The van der Waals surface area contributed by atoms with Crippen LogP contribution in [0.1, 0.15) is 29.5 Å². The number of fused-ring (bicyclic) bond motifs is 2. The number of halogens is 2. The van der Waals surface area contributed by atoms with E-state index in [0.29, 0.717) is 0 Å². The molecule has 0 aliphatic heterocycles. The van der Waals surface area contributed by atoms with Crippen molar-refractivity contribution in [3.05, 3.63) is 82.9 Å². The fourth-order valence-corrected chi connectivity index (χ4v) is 7.13. The largest absolute Gasteiger partial charge is 1.00 e. The van der Waals surface area contributed by atoms with Gasteiger partial charge in [0.15, 0.2) is 0 Å².